The summed E-state index contributed by atoms with van der Waals surface area (Å²) in [6.45, 7) is 5.31. The van der Waals surface area contributed by atoms with Crippen molar-refractivity contribution < 1.29 is 4.92 Å². The zero-order valence-electron chi connectivity index (χ0n) is 10.1. The molecule has 2 unspecified atom stereocenters. The Morgan fingerprint density at radius 3 is 2.71 bits per heavy atom. The molecule has 0 amide bonds. The second-order valence-corrected chi connectivity index (χ2v) is 4.75. The molecule has 2 atom stereocenters. The minimum atomic E-state index is -0.306. The average molecular weight is 235 g/mol. The first-order chi connectivity index (χ1) is 8.00. The van der Waals surface area contributed by atoms with Crippen molar-refractivity contribution in [3.63, 3.8) is 0 Å². The molecule has 0 radical (unpaired) electrons. The predicted octanol–water partition coefficient (Wildman–Crippen LogP) is 1.69. The number of anilines is 1. The summed E-state index contributed by atoms with van der Waals surface area (Å²) < 4.78 is 0. The van der Waals surface area contributed by atoms with Gasteiger partial charge in [-0.3, -0.25) is 10.1 Å². The summed E-state index contributed by atoms with van der Waals surface area (Å²) >= 11 is 0. The van der Waals surface area contributed by atoms with Crippen molar-refractivity contribution in [3.8, 4) is 0 Å². The maximum absolute atomic E-state index is 11.1. The quantitative estimate of drug-likeness (QED) is 0.625. The molecular formula is C12H17N3O2. The standard InChI is InChI=1S/C12H17N3O2/c1-8-4-3-5-11(12(8)15(16)17)14-6-9(2)10(13)7-14/h3-5,9-10H,6-7,13H2,1-2H3. The van der Waals surface area contributed by atoms with Gasteiger partial charge in [0.1, 0.15) is 5.69 Å². The van der Waals surface area contributed by atoms with Gasteiger partial charge in [0.25, 0.3) is 5.69 Å². The largest absolute Gasteiger partial charge is 0.364 e. The van der Waals surface area contributed by atoms with E-state index in [4.69, 9.17) is 5.73 Å². The van der Waals surface area contributed by atoms with Crippen molar-refractivity contribution in [1.82, 2.24) is 0 Å². The number of aryl methyl sites for hydroxylation is 1. The Morgan fingerprint density at radius 1 is 1.47 bits per heavy atom. The number of benzene rings is 1. The van der Waals surface area contributed by atoms with E-state index in [-0.39, 0.29) is 16.7 Å². The highest BCUT2D eigenvalue weighted by Crippen LogP contribution is 2.34. The van der Waals surface area contributed by atoms with Crippen LogP contribution in [0, 0.1) is 23.0 Å². The molecule has 2 N–H and O–H groups in total. The lowest BCUT2D eigenvalue weighted by molar-refractivity contribution is -0.384. The topological polar surface area (TPSA) is 72.4 Å². The highest BCUT2D eigenvalue weighted by atomic mass is 16.6. The Morgan fingerprint density at radius 2 is 2.18 bits per heavy atom. The SMILES string of the molecule is Cc1cccc(N2CC(C)C(N)C2)c1[N+](=O)[O-]. The molecular weight excluding hydrogens is 218 g/mol. The molecule has 0 aliphatic carbocycles. The minimum absolute atomic E-state index is 0.0927. The zero-order chi connectivity index (χ0) is 12.6. The summed E-state index contributed by atoms with van der Waals surface area (Å²) in [5.41, 5.74) is 7.55. The normalized spacial score (nSPS) is 24.1. The Labute approximate surface area is 100 Å². The molecule has 1 aliphatic rings. The third-order valence-electron chi connectivity index (χ3n) is 3.41. The third kappa shape index (κ3) is 2.10. The summed E-state index contributed by atoms with van der Waals surface area (Å²) in [4.78, 5) is 12.8. The molecule has 1 fully saturated rings. The molecule has 1 saturated heterocycles. The van der Waals surface area contributed by atoms with Crippen molar-refractivity contribution in [2.45, 2.75) is 19.9 Å². The number of hydrogen-bond acceptors (Lipinski definition) is 4. The molecule has 5 heteroatoms. The van der Waals surface area contributed by atoms with E-state index in [0.29, 0.717) is 23.7 Å². The molecule has 0 bridgehead atoms. The summed E-state index contributed by atoms with van der Waals surface area (Å²) in [5, 5.41) is 11.1. The van der Waals surface area contributed by atoms with Crippen molar-refractivity contribution in [3.05, 3.63) is 33.9 Å². The van der Waals surface area contributed by atoms with Gasteiger partial charge in [-0.05, 0) is 18.9 Å². The number of nitrogens with zero attached hydrogens (tertiary/aromatic N) is 2. The zero-order valence-corrected chi connectivity index (χ0v) is 10.1. The van der Waals surface area contributed by atoms with Crippen molar-refractivity contribution in [2.75, 3.05) is 18.0 Å². The Hall–Kier alpha value is -1.62. The van der Waals surface area contributed by atoms with Crippen LogP contribution in [0.25, 0.3) is 0 Å². The van der Waals surface area contributed by atoms with Gasteiger partial charge in [0.2, 0.25) is 0 Å². The maximum Gasteiger partial charge on any atom is 0.295 e. The van der Waals surface area contributed by atoms with E-state index in [0.717, 1.165) is 6.54 Å². The number of nitro groups is 1. The van der Waals surface area contributed by atoms with Crippen LogP contribution >= 0.6 is 0 Å². The van der Waals surface area contributed by atoms with Gasteiger partial charge < -0.3 is 10.6 Å². The highest BCUT2D eigenvalue weighted by Gasteiger charge is 2.31. The highest BCUT2D eigenvalue weighted by molar-refractivity contribution is 5.67. The van der Waals surface area contributed by atoms with E-state index in [1.807, 2.05) is 11.0 Å². The third-order valence-corrected chi connectivity index (χ3v) is 3.41. The van der Waals surface area contributed by atoms with Crippen molar-refractivity contribution >= 4 is 11.4 Å². The van der Waals surface area contributed by atoms with E-state index in [1.165, 1.54) is 0 Å². The molecule has 5 nitrogen and oxygen atoms in total. The van der Waals surface area contributed by atoms with Crippen LogP contribution in [-0.2, 0) is 0 Å². The van der Waals surface area contributed by atoms with Crippen LogP contribution in [0.5, 0.6) is 0 Å². The fourth-order valence-electron chi connectivity index (χ4n) is 2.32. The smallest absolute Gasteiger partial charge is 0.295 e. The molecule has 1 aliphatic heterocycles. The van der Waals surface area contributed by atoms with Crippen LogP contribution in [0.3, 0.4) is 0 Å². The van der Waals surface area contributed by atoms with Gasteiger partial charge >= 0.3 is 0 Å². The van der Waals surface area contributed by atoms with Crippen LogP contribution in [0.15, 0.2) is 18.2 Å². The van der Waals surface area contributed by atoms with E-state index in [2.05, 4.69) is 6.92 Å². The van der Waals surface area contributed by atoms with Gasteiger partial charge in [-0.1, -0.05) is 19.1 Å². The fraction of sp³-hybridized carbons (Fsp3) is 0.500. The number of rotatable bonds is 2. The molecule has 1 aromatic carbocycles. The lowest BCUT2D eigenvalue weighted by Crippen LogP contribution is -2.28. The van der Waals surface area contributed by atoms with Gasteiger partial charge in [-0.25, -0.2) is 0 Å². The van der Waals surface area contributed by atoms with Gasteiger partial charge in [0.05, 0.1) is 4.92 Å². The number of para-hydroxylation sites is 1. The van der Waals surface area contributed by atoms with E-state index >= 15 is 0 Å². The number of hydrogen-bond donors (Lipinski definition) is 1. The lowest BCUT2D eigenvalue weighted by Gasteiger charge is -2.18. The van der Waals surface area contributed by atoms with Crippen LogP contribution in [0.2, 0.25) is 0 Å². The Kier molecular flexibility index (Phi) is 3.02. The number of nitrogens with two attached hydrogens (primary N) is 1. The first kappa shape index (κ1) is 11.9. The van der Waals surface area contributed by atoms with Gasteiger partial charge in [0, 0.05) is 24.7 Å². The predicted molar refractivity (Wildman–Crippen MR) is 67.2 cm³/mol. The second kappa shape index (κ2) is 4.33. The summed E-state index contributed by atoms with van der Waals surface area (Å²) in [6.07, 6.45) is 0. The van der Waals surface area contributed by atoms with Gasteiger partial charge in [0.15, 0.2) is 0 Å². The average Bonchev–Trinajstić information content (AvgIpc) is 2.58. The molecule has 0 spiro atoms. The molecule has 1 aromatic rings. The van der Waals surface area contributed by atoms with E-state index in [1.54, 1.807) is 19.1 Å². The van der Waals surface area contributed by atoms with Crippen LogP contribution < -0.4 is 10.6 Å². The van der Waals surface area contributed by atoms with Crippen LogP contribution in [0.4, 0.5) is 11.4 Å². The molecule has 2 rings (SSSR count). The van der Waals surface area contributed by atoms with Crippen molar-refractivity contribution in [1.29, 1.82) is 0 Å². The van der Waals surface area contributed by atoms with E-state index < -0.39 is 0 Å². The molecule has 0 aromatic heterocycles. The Bertz CT molecular complexity index is 437. The van der Waals surface area contributed by atoms with Crippen molar-refractivity contribution in [2.24, 2.45) is 11.7 Å². The maximum atomic E-state index is 11.1. The fourth-order valence-corrected chi connectivity index (χ4v) is 2.32. The minimum Gasteiger partial charge on any atom is -0.364 e. The van der Waals surface area contributed by atoms with Crippen LogP contribution in [0.1, 0.15) is 12.5 Å². The summed E-state index contributed by atoms with van der Waals surface area (Å²) in [6, 6.07) is 5.51. The summed E-state index contributed by atoms with van der Waals surface area (Å²) in [5.74, 6) is 0.370. The molecule has 92 valence electrons. The summed E-state index contributed by atoms with van der Waals surface area (Å²) in [7, 11) is 0. The molecule has 0 saturated carbocycles. The molecule has 1 heterocycles. The first-order valence-corrected chi connectivity index (χ1v) is 5.75. The number of nitro benzene ring substituents is 1. The van der Waals surface area contributed by atoms with Gasteiger partial charge in [-0.2, -0.15) is 0 Å². The Balaban J connectivity index is 2.39. The van der Waals surface area contributed by atoms with E-state index in [9.17, 15) is 10.1 Å². The second-order valence-electron chi connectivity index (χ2n) is 4.75. The lowest BCUT2D eigenvalue weighted by atomic mass is 10.1. The first-order valence-electron chi connectivity index (χ1n) is 5.75. The van der Waals surface area contributed by atoms with Gasteiger partial charge in [-0.15, -0.1) is 0 Å². The monoisotopic (exact) mass is 235 g/mol. The van der Waals surface area contributed by atoms with Crippen LogP contribution in [-0.4, -0.2) is 24.1 Å². The molecule has 17 heavy (non-hydrogen) atoms.